The first-order valence-corrected chi connectivity index (χ1v) is 10.6. The maximum atomic E-state index is 12.8. The summed E-state index contributed by atoms with van der Waals surface area (Å²) in [7, 11) is 3.09. The number of benzene rings is 1. The molecule has 0 radical (unpaired) electrons. The SMILES string of the molecule is COc1ccc(-c2cc(C(=O)N[C@H](C(=O)NCCc3ccccn3)C(C)C)no2)c(OC)c1. The smallest absolute Gasteiger partial charge is 0.274 e. The molecule has 174 valence electrons. The van der Waals surface area contributed by atoms with Crippen molar-refractivity contribution in [3.05, 3.63) is 60.0 Å². The van der Waals surface area contributed by atoms with Gasteiger partial charge in [0.05, 0.1) is 19.8 Å². The Bertz CT molecular complexity index is 1080. The lowest BCUT2D eigenvalue weighted by atomic mass is 10.0. The van der Waals surface area contributed by atoms with Crippen LogP contribution in [-0.4, -0.2) is 48.8 Å². The standard InChI is InChI=1S/C24H28N4O5/c1-15(2)22(24(30)26-12-10-16-7-5-6-11-25-16)27-23(29)19-14-21(33-28-19)18-9-8-17(31-3)13-20(18)32-4/h5-9,11,13-15,22H,10,12H2,1-4H3,(H,26,30)(H,27,29)/t22-/m0/s1. The van der Waals surface area contributed by atoms with Gasteiger partial charge >= 0.3 is 0 Å². The van der Waals surface area contributed by atoms with Gasteiger partial charge in [-0.15, -0.1) is 0 Å². The zero-order valence-corrected chi connectivity index (χ0v) is 19.1. The van der Waals surface area contributed by atoms with Crippen LogP contribution in [-0.2, 0) is 11.2 Å². The number of pyridine rings is 1. The Hall–Kier alpha value is -3.88. The molecule has 0 saturated heterocycles. The molecule has 0 aliphatic rings. The number of aromatic nitrogens is 2. The molecule has 0 saturated carbocycles. The minimum Gasteiger partial charge on any atom is -0.497 e. The Morgan fingerprint density at radius 1 is 1.09 bits per heavy atom. The van der Waals surface area contributed by atoms with Gasteiger partial charge in [-0.1, -0.05) is 25.1 Å². The van der Waals surface area contributed by atoms with Gasteiger partial charge in [-0.3, -0.25) is 14.6 Å². The third kappa shape index (κ3) is 6.09. The second-order valence-corrected chi connectivity index (χ2v) is 7.70. The summed E-state index contributed by atoms with van der Waals surface area (Å²) in [5, 5.41) is 9.48. The van der Waals surface area contributed by atoms with Gasteiger partial charge in [0.25, 0.3) is 5.91 Å². The molecule has 2 aromatic heterocycles. The first-order valence-electron chi connectivity index (χ1n) is 10.6. The highest BCUT2D eigenvalue weighted by atomic mass is 16.5. The third-order valence-corrected chi connectivity index (χ3v) is 5.06. The number of hydrogen-bond acceptors (Lipinski definition) is 7. The van der Waals surface area contributed by atoms with E-state index in [9.17, 15) is 9.59 Å². The van der Waals surface area contributed by atoms with Crippen LogP contribution in [0.2, 0.25) is 0 Å². The predicted molar refractivity (Wildman–Crippen MR) is 122 cm³/mol. The second-order valence-electron chi connectivity index (χ2n) is 7.70. The van der Waals surface area contributed by atoms with E-state index in [2.05, 4.69) is 20.8 Å². The van der Waals surface area contributed by atoms with E-state index in [1.807, 2.05) is 32.0 Å². The summed E-state index contributed by atoms with van der Waals surface area (Å²) in [6, 6.07) is 11.6. The average molecular weight is 453 g/mol. The van der Waals surface area contributed by atoms with Gasteiger partial charge in [0, 0.05) is 37.0 Å². The number of carbonyl (C=O) groups is 2. The highest BCUT2D eigenvalue weighted by Crippen LogP contribution is 2.33. The fourth-order valence-electron chi connectivity index (χ4n) is 3.23. The van der Waals surface area contributed by atoms with Crippen molar-refractivity contribution in [1.82, 2.24) is 20.8 Å². The van der Waals surface area contributed by atoms with E-state index in [1.165, 1.54) is 13.2 Å². The van der Waals surface area contributed by atoms with E-state index in [0.717, 1.165) is 5.69 Å². The van der Waals surface area contributed by atoms with E-state index in [-0.39, 0.29) is 17.5 Å². The maximum Gasteiger partial charge on any atom is 0.274 e. The molecule has 9 heteroatoms. The zero-order valence-electron chi connectivity index (χ0n) is 19.1. The lowest BCUT2D eigenvalue weighted by Gasteiger charge is -2.21. The monoisotopic (exact) mass is 452 g/mol. The molecule has 2 amide bonds. The molecule has 2 N–H and O–H groups in total. The first-order chi connectivity index (χ1) is 15.9. The van der Waals surface area contributed by atoms with Crippen molar-refractivity contribution in [2.45, 2.75) is 26.3 Å². The van der Waals surface area contributed by atoms with Crippen molar-refractivity contribution in [1.29, 1.82) is 0 Å². The van der Waals surface area contributed by atoms with E-state index in [1.54, 1.807) is 31.5 Å². The summed E-state index contributed by atoms with van der Waals surface area (Å²) in [5.41, 5.74) is 1.57. The molecule has 0 spiro atoms. The topological polar surface area (TPSA) is 116 Å². The van der Waals surface area contributed by atoms with Gasteiger partial charge in [0.1, 0.15) is 17.5 Å². The molecule has 1 atom stereocenters. The van der Waals surface area contributed by atoms with Gasteiger partial charge in [0.2, 0.25) is 5.91 Å². The number of hydrogen-bond donors (Lipinski definition) is 2. The van der Waals surface area contributed by atoms with Crippen LogP contribution in [0.3, 0.4) is 0 Å². The van der Waals surface area contributed by atoms with Crippen LogP contribution in [0.25, 0.3) is 11.3 Å². The highest BCUT2D eigenvalue weighted by molar-refractivity contribution is 5.96. The molecule has 2 heterocycles. The number of carbonyl (C=O) groups excluding carboxylic acids is 2. The molecule has 3 rings (SSSR count). The number of rotatable bonds is 10. The van der Waals surface area contributed by atoms with Crippen LogP contribution < -0.4 is 20.1 Å². The van der Waals surface area contributed by atoms with Crippen molar-refractivity contribution in [2.75, 3.05) is 20.8 Å². The van der Waals surface area contributed by atoms with Crippen LogP contribution >= 0.6 is 0 Å². The Kier molecular flexibility index (Phi) is 8.01. The summed E-state index contributed by atoms with van der Waals surface area (Å²) in [6.07, 6.45) is 2.31. The van der Waals surface area contributed by atoms with Crippen molar-refractivity contribution < 1.29 is 23.6 Å². The van der Waals surface area contributed by atoms with Crippen molar-refractivity contribution in [2.24, 2.45) is 5.92 Å². The van der Waals surface area contributed by atoms with Crippen LogP contribution in [0, 0.1) is 5.92 Å². The summed E-state index contributed by atoms with van der Waals surface area (Å²) in [6.45, 7) is 4.14. The third-order valence-electron chi connectivity index (χ3n) is 5.06. The molecular formula is C24H28N4O5. The van der Waals surface area contributed by atoms with Crippen LogP contribution in [0.15, 0.2) is 53.2 Å². The van der Waals surface area contributed by atoms with Gasteiger partial charge in [-0.2, -0.15) is 0 Å². The van der Waals surface area contributed by atoms with E-state index in [0.29, 0.717) is 35.8 Å². The Labute approximate surface area is 192 Å². The number of methoxy groups -OCH3 is 2. The quantitative estimate of drug-likeness (QED) is 0.486. The second kappa shape index (κ2) is 11.1. The molecule has 0 unspecified atom stereocenters. The minimum absolute atomic E-state index is 0.0646. The molecule has 0 aliphatic heterocycles. The summed E-state index contributed by atoms with van der Waals surface area (Å²) < 4.78 is 15.9. The van der Waals surface area contributed by atoms with Gasteiger partial charge in [-0.05, 0) is 30.2 Å². The minimum atomic E-state index is -0.725. The number of amides is 2. The maximum absolute atomic E-state index is 12.8. The van der Waals surface area contributed by atoms with Gasteiger partial charge < -0.3 is 24.6 Å². The summed E-state index contributed by atoms with van der Waals surface area (Å²) in [4.78, 5) is 29.7. The normalized spacial score (nSPS) is 11.7. The molecule has 33 heavy (non-hydrogen) atoms. The van der Waals surface area contributed by atoms with Gasteiger partial charge in [0.15, 0.2) is 11.5 Å². The number of nitrogens with zero attached hydrogens (tertiary/aromatic N) is 2. The van der Waals surface area contributed by atoms with Crippen molar-refractivity contribution in [3.63, 3.8) is 0 Å². The number of ether oxygens (including phenoxy) is 2. The summed E-state index contributed by atoms with van der Waals surface area (Å²) in [5.74, 6) is 0.606. The average Bonchev–Trinajstić information content (AvgIpc) is 3.32. The van der Waals surface area contributed by atoms with E-state index >= 15 is 0 Å². The molecule has 3 aromatic rings. The molecule has 0 bridgehead atoms. The molecule has 0 aliphatic carbocycles. The van der Waals surface area contributed by atoms with E-state index < -0.39 is 11.9 Å². The largest absolute Gasteiger partial charge is 0.497 e. The molecule has 0 fully saturated rings. The van der Waals surface area contributed by atoms with Crippen molar-refractivity contribution in [3.8, 4) is 22.8 Å². The molecular weight excluding hydrogens is 424 g/mol. The van der Waals surface area contributed by atoms with E-state index in [4.69, 9.17) is 14.0 Å². The first kappa shape index (κ1) is 23.8. The number of nitrogens with one attached hydrogen (secondary N) is 2. The van der Waals surface area contributed by atoms with Gasteiger partial charge in [-0.25, -0.2) is 0 Å². The highest BCUT2D eigenvalue weighted by Gasteiger charge is 2.26. The van der Waals surface area contributed by atoms with Crippen molar-refractivity contribution >= 4 is 11.8 Å². The lowest BCUT2D eigenvalue weighted by molar-refractivity contribution is -0.123. The predicted octanol–water partition coefficient (Wildman–Crippen LogP) is 2.87. The molecule has 9 nitrogen and oxygen atoms in total. The lowest BCUT2D eigenvalue weighted by Crippen LogP contribution is -2.50. The Morgan fingerprint density at radius 2 is 1.91 bits per heavy atom. The van der Waals surface area contributed by atoms with Crippen LogP contribution in [0.4, 0.5) is 0 Å². The fourth-order valence-corrected chi connectivity index (χ4v) is 3.23. The van der Waals surface area contributed by atoms with Crippen LogP contribution in [0.1, 0.15) is 30.0 Å². The molecule has 1 aromatic carbocycles. The Morgan fingerprint density at radius 3 is 2.58 bits per heavy atom. The summed E-state index contributed by atoms with van der Waals surface area (Å²) >= 11 is 0. The zero-order chi connectivity index (χ0) is 23.8. The van der Waals surface area contributed by atoms with Crippen LogP contribution in [0.5, 0.6) is 11.5 Å². The Balaban J connectivity index is 1.65. The fraction of sp³-hybridized carbons (Fsp3) is 0.333.